The zero-order chi connectivity index (χ0) is 23.7. The number of likely N-dealkylation sites (tertiary alicyclic amines) is 1. The van der Waals surface area contributed by atoms with Crippen molar-refractivity contribution >= 4 is 22.8 Å². The minimum absolute atomic E-state index is 0.00727. The average Bonchev–Trinajstić information content (AvgIpc) is 3.35. The number of fused-ring (bicyclic) bond motifs is 1. The minimum atomic E-state index is -0.166. The molecule has 0 atom stereocenters. The highest BCUT2D eigenvalue weighted by atomic mass is 16.2. The first-order chi connectivity index (χ1) is 16.5. The van der Waals surface area contributed by atoms with Crippen molar-refractivity contribution in [1.82, 2.24) is 29.3 Å². The summed E-state index contributed by atoms with van der Waals surface area (Å²) in [5.74, 6) is 1.67. The van der Waals surface area contributed by atoms with Crippen LogP contribution in [0.1, 0.15) is 27.6 Å². The van der Waals surface area contributed by atoms with Crippen molar-refractivity contribution in [1.29, 1.82) is 0 Å². The summed E-state index contributed by atoms with van der Waals surface area (Å²) in [7, 11) is 1.99. The first-order valence-corrected chi connectivity index (χ1v) is 11.5. The third-order valence-electron chi connectivity index (χ3n) is 6.52. The fourth-order valence-corrected chi connectivity index (χ4v) is 4.42. The molecule has 2 aromatic carbocycles. The fraction of sp³-hybridized carbons (Fsp3) is 0.308. The molecule has 0 bridgehead atoms. The van der Waals surface area contributed by atoms with Crippen molar-refractivity contribution in [2.24, 2.45) is 13.0 Å². The number of para-hydroxylation sites is 2. The molecule has 4 aromatic rings. The molecular weight excluding hydrogens is 428 g/mol. The Morgan fingerprint density at radius 3 is 2.71 bits per heavy atom. The number of carbonyl (C=O) groups excluding carboxylic acids is 2. The largest absolute Gasteiger partial charge is 0.355 e. The van der Waals surface area contributed by atoms with E-state index < -0.39 is 0 Å². The van der Waals surface area contributed by atoms with Crippen LogP contribution in [0, 0.1) is 12.8 Å². The Labute approximate surface area is 198 Å². The molecule has 174 valence electrons. The average molecular weight is 457 g/mol. The van der Waals surface area contributed by atoms with Gasteiger partial charge in [-0.05, 0) is 36.8 Å². The SMILES string of the molecule is Cc1nccn1Cc1cccc(C(=O)N2CC(C(=O)NCCc3nc4ccccc4n3C)C2)c1. The van der Waals surface area contributed by atoms with Gasteiger partial charge in [-0.2, -0.15) is 0 Å². The lowest BCUT2D eigenvalue weighted by atomic mass is 9.97. The number of aromatic nitrogens is 4. The predicted octanol–water partition coefficient (Wildman–Crippen LogP) is 2.56. The van der Waals surface area contributed by atoms with E-state index in [2.05, 4.69) is 19.9 Å². The molecule has 2 aromatic heterocycles. The maximum absolute atomic E-state index is 12.9. The van der Waals surface area contributed by atoms with E-state index in [0.717, 1.165) is 28.2 Å². The van der Waals surface area contributed by atoms with Crippen LogP contribution < -0.4 is 5.32 Å². The van der Waals surface area contributed by atoms with Gasteiger partial charge in [0, 0.05) is 57.6 Å². The third-order valence-corrected chi connectivity index (χ3v) is 6.52. The van der Waals surface area contributed by atoms with E-state index in [1.807, 2.05) is 73.3 Å². The number of hydrogen-bond donors (Lipinski definition) is 1. The summed E-state index contributed by atoms with van der Waals surface area (Å²) >= 11 is 0. The van der Waals surface area contributed by atoms with E-state index in [0.29, 0.717) is 38.2 Å². The van der Waals surface area contributed by atoms with Crippen molar-refractivity contribution in [3.63, 3.8) is 0 Å². The highest BCUT2D eigenvalue weighted by Crippen LogP contribution is 2.20. The van der Waals surface area contributed by atoms with Gasteiger partial charge in [-0.3, -0.25) is 9.59 Å². The topological polar surface area (TPSA) is 85.1 Å². The van der Waals surface area contributed by atoms with Gasteiger partial charge >= 0.3 is 0 Å². The van der Waals surface area contributed by atoms with Gasteiger partial charge in [-0.15, -0.1) is 0 Å². The van der Waals surface area contributed by atoms with Crippen LogP contribution in [0.3, 0.4) is 0 Å². The Hall–Kier alpha value is -3.94. The Bertz CT molecular complexity index is 1350. The van der Waals surface area contributed by atoms with E-state index in [1.54, 1.807) is 11.1 Å². The van der Waals surface area contributed by atoms with Crippen molar-refractivity contribution in [3.05, 3.63) is 83.7 Å². The van der Waals surface area contributed by atoms with Crippen LogP contribution in [0.2, 0.25) is 0 Å². The normalized spacial score (nSPS) is 13.8. The lowest BCUT2D eigenvalue weighted by molar-refractivity contribution is -0.128. The van der Waals surface area contributed by atoms with Gasteiger partial charge in [0.25, 0.3) is 5.91 Å². The van der Waals surface area contributed by atoms with E-state index in [1.165, 1.54) is 0 Å². The second-order valence-electron chi connectivity index (χ2n) is 8.83. The van der Waals surface area contributed by atoms with Crippen molar-refractivity contribution in [2.75, 3.05) is 19.6 Å². The van der Waals surface area contributed by atoms with Gasteiger partial charge in [0.05, 0.1) is 17.0 Å². The molecule has 0 unspecified atom stereocenters. The summed E-state index contributed by atoms with van der Waals surface area (Å²) in [5, 5.41) is 3.00. The number of benzene rings is 2. The molecule has 1 fully saturated rings. The van der Waals surface area contributed by atoms with Crippen LogP contribution in [-0.4, -0.2) is 55.5 Å². The maximum Gasteiger partial charge on any atom is 0.253 e. The first-order valence-electron chi connectivity index (χ1n) is 11.5. The van der Waals surface area contributed by atoms with Gasteiger partial charge in [-0.1, -0.05) is 24.3 Å². The lowest BCUT2D eigenvalue weighted by Gasteiger charge is -2.38. The molecule has 0 radical (unpaired) electrons. The number of aryl methyl sites for hydroxylation is 2. The molecule has 1 saturated heterocycles. The molecule has 1 aliphatic heterocycles. The molecule has 8 heteroatoms. The Kier molecular flexibility index (Phi) is 5.88. The lowest BCUT2D eigenvalue weighted by Crippen LogP contribution is -2.55. The molecule has 1 aliphatic rings. The van der Waals surface area contributed by atoms with Crippen LogP contribution in [0.25, 0.3) is 11.0 Å². The summed E-state index contributed by atoms with van der Waals surface area (Å²) in [5.41, 5.74) is 3.74. The van der Waals surface area contributed by atoms with Gasteiger partial charge in [0.2, 0.25) is 5.91 Å². The summed E-state index contributed by atoms with van der Waals surface area (Å²) in [6.45, 7) is 4.04. The number of hydrogen-bond acceptors (Lipinski definition) is 4. The molecule has 2 amide bonds. The second kappa shape index (κ2) is 9.13. The predicted molar refractivity (Wildman–Crippen MR) is 129 cm³/mol. The number of rotatable bonds is 7. The molecule has 34 heavy (non-hydrogen) atoms. The van der Waals surface area contributed by atoms with Crippen LogP contribution >= 0.6 is 0 Å². The zero-order valence-electron chi connectivity index (χ0n) is 19.4. The number of nitrogens with one attached hydrogen (secondary N) is 1. The van der Waals surface area contributed by atoms with E-state index in [4.69, 9.17) is 0 Å². The smallest absolute Gasteiger partial charge is 0.253 e. The molecule has 3 heterocycles. The monoisotopic (exact) mass is 456 g/mol. The molecule has 5 rings (SSSR count). The second-order valence-corrected chi connectivity index (χ2v) is 8.83. The van der Waals surface area contributed by atoms with Crippen LogP contribution in [0.5, 0.6) is 0 Å². The maximum atomic E-state index is 12.9. The highest BCUT2D eigenvalue weighted by molar-refractivity contribution is 5.96. The summed E-state index contributed by atoms with van der Waals surface area (Å²) in [4.78, 5) is 36.1. The van der Waals surface area contributed by atoms with Gasteiger partial charge in [0.1, 0.15) is 11.6 Å². The number of nitrogens with zero attached hydrogens (tertiary/aromatic N) is 5. The number of carbonyl (C=O) groups is 2. The van der Waals surface area contributed by atoms with Crippen LogP contribution in [0.4, 0.5) is 0 Å². The van der Waals surface area contributed by atoms with E-state index in [-0.39, 0.29) is 17.7 Å². The van der Waals surface area contributed by atoms with Gasteiger partial charge in [0.15, 0.2) is 0 Å². The summed E-state index contributed by atoms with van der Waals surface area (Å²) in [6.07, 6.45) is 4.36. The molecule has 0 spiro atoms. The number of amides is 2. The Balaban J connectivity index is 1.11. The molecule has 8 nitrogen and oxygen atoms in total. The first kappa shape index (κ1) is 21.9. The summed E-state index contributed by atoms with van der Waals surface area (Å²) in [6, 6.07) is 15.7. The molecule has 0 aliphatic carbocycles. The van der Waals surface area contributed by atoms with Crippen molar-refractivity contribution < 1.29 is 9.59 Å². The standard InChI is InChI=1S/C26H28N6O2/c1-18-27-12-13-31(18)15-19-6-5-7-20(14-19)26(34)32-16-21(17-32)25(33)28-11-10-24-29-22-8-3-4-9-23(22)30(24)2/h3-9,12-14,21H,10-11,15-17H2,1-2H3,(H,28,33). The highest BCUT2D eigenvalue weighted by Gasteiger charge is 2.35. The van der Waals surface area contributed by atoms with Crippen LogP contribution in [0.15, 0.2) is 60.9 Å². The molecule has 0 saturated carbocycles. The number of imidazole rings is 2. The Morgan fingerprint density at radius 1 is 1.12 bits per heavy atom. The quantitative estimate of drug-likeness (QED) is 0.463. The van der Waals surface area contributed by atoms with E-state index in [9.17, 15) is 9.59 Å². The third kappa shape index (κ3) is 4.31. The molecule has 1 N–H and O–H groups in total. The van der Waals surface area contributed by atoms with E-state index >= 15 is 0 Å². The summed E-state index contributed by atoms with van der Waals surface area (Å²) < 4.78 is 4.11. The van der Waals surface area contributed by atoms with Crippen molar-refractivity contribution in [2.45, 2.75) is 19.9 Å². The van der Waals surface area contributed by atoms with Crippen LogP contribution in [-0.2, 0) is 24.8 Å². The Morgan fingerprint density at radius 2 is 1.94 bits per heavy atom. The fourth-order valence-electron chi connectivity index (χ4n) is 4.42. The zero-order valence-corrected chi connectivity index (χ0v) is 19.4. The minimum Gasteiger partial charge on any atom is -0.355 e. The molecular formula is C26H28N6O2. The van der Waals surface area contributed by atoms with Gasteiger partial charge in [-0.25, -0.2) is 9.97 Å². The van der Waals surface area contributed by atoms with Crippen molar-refractivity contribution in [3.8, 4) is 0 Å². The van der Waals surface area contributed by atoms with Gasteiger partial charge < -0.3 is 19.4 Å².